The molecule has 0 spiro atoms. The van der Waals surface area contributed by atoms with E-state index >= 15 is 0 Å². The first-order valence-electron chi connectivity index (χ1n) is 5.79. The van der Waals surface area contributed by atoms with Gasteiger partial charge in [-0.3, -0.25) is 9.97 Å². The summed E-state index contributed by atoms with van der Waals surface area (Å²) in [4.78, 5) is 8.63. The van der Waals surface area contributed by atoms with Gasteiger partial charge in [0.05, 0.1) is 11.4 Å². The number of nitrogens with zero attached hydrogens (tertiary/aromatic N) is 2. The second-order valence-corrected chi connectivity index (χ2v) is 4.86. The lowest BCUT2D eigenvalue weighted by Crippen LogP contribution is -2.23. The zero-order valence-corrected chi connectivity index (χ0v) is 11.0. The third-order valence-corrected chi connectivity index (χ3v) is 3.51. The van der Waals surface area contributed by atoms with Crippen molar-refractivity contribution in [1.29, 1.82) is 0 Å². The molecular formula is C13H17N3S. The van der Waals surface area contributed by atoms with Crippen LogP contribution < -0.4 is 5.32 Å². The Balaban J connectivity index is 1.85. The normalized spacial score (nSPS) is 12.6. The molecule has 17 heavy (non-hydrogen) atoms. The summed E-state index contributed by atoms with van der Waals surface area (Å²) in [5.41, 5.74) is 3.44. The van der Waals surface area contributed by atoms with Crippen molar-refractivity contribution in [3.05, 3.63) is 46.2 Å². The topological polar surface area (TPSA) is 37.8 Å². The molecule has 2 aromatic heterocycles. The second-order valence-electron chi connectivity index (χ2n) is 4.08. The first-order valence-corrected chi connectivity index (χ1v) is 6.73. The minimum Gasteiger partial charge on any atom is -0.308 e. The van der Waals surface area contributed by atoms with Gasteiger partial charge in [0.2, 0.25) is 0 Å². The molecule has 1 N–H and O–H groups in total. The second kappa shape index (κ2) is 5.89. The maximum atomic E-state index is 4.37. The fourth-order valence-electron chi connectivity index (χ4n) is 1.81. The summed E-state index contributed by atoms with van der Waals surface area (Å²) in [6, 6.07) is 2.42. The Kier molecular flexibility index (Phi) is 4.23. The van der Waals surface area contributed by atoms with Crippen LogP contribution in [0.3, 0.4) is 0 Å². The van der Waals surface area contributed by atoms with Gasteiger partial charge in [-0.15, -0.1) is 0 Å². The molecule has 0 amide bonds. The summed E-state index contributed by atoms with van der Waals surface area (Å²) < 4.78 is 0. The molecule has 0 aliphatic carbocycles. The van der Waals surface area contributed by atoms with Gasteiger partial charge >= 0.3 is 0 Å². The fourth-order valence-corrected chi connectivity index (χ4v) is 2.51. The Hall–Kier alpha value is -1.26. The van der Waals surface area contributed by atoms with Gasteiger partial charge in [-0.2, -0.15) is 11.3 Å². The van der Waals surface area contributed by atoms with Gasteiger partial charge in [0.25, 0.3) is 0 Å². The van der Waals surface area contributed by atoms with Crippen LogP contribution >= 0.6 is 11.3 Å². The maximum absolute atomic E-state index is 4.37. The van der Waals surface area contributed by atoms with Gasteiger partial charge in [-0.05, 0) is 49.2 Å². The molecule has 2 heterocycles. The molecule has 0 fully saturated rings. The van der Waals surface area contributed by atoms with Gasteiger partial charge < -0.3 is 5.32 Å². The molecule has 0 radical (unpaired) electrons. The van der Waals surface area contributed by atoms with E-state index in [1.165, 1.54) is 5.56 Å². The van der Waals surface area contributed by atoms with Gasteiger partial charge in [0.15, 0.2) is 0 Å². The number of nitrogens with one attached hydrogen (secondary N) is 1. The number of rotatable bonds is 5. The molecule has 2 aromatic rings. The Morgan fingerprint density at radius 1 is 1.35 bits per heavy atom. The summed E-state index contributed by atoms with van der Waals surface area (Å²) in [6.07, 6.45) is 4.55. The van der Waals surface area contributed by atoms with Crippen LogP contribution in [0.4, 0.5) is 0 Å². The highest BCUT2D eigenvalue weighted by Crippen LogP contribution is 2.12. The van der Waals surface area contributed by atoms with E-state index < -0.39 is 0 Å². The summed E-state index contributed by atoms with van der Waals surface area (Å²) in [5.74, 6) is 0. The average Bonchev–Trinajstić information content (AvgIpc) is 2.82. The molecule has 1 atom stereocenters. The number of hydrogen-bond acceptors (Lipinski definition) is 4. The minimum atomic E-state index is 0.252. The van der Waals surface area contributed by atoms with Crippen LogP contribution in [0.1, 0.15) is 29.9 Å². The lowest BCUT2D eigenvalue weighted by molar-refractivity contribution is 0.558. The largest absolute Gasteiger partial charge is 0.308 e. The fraction of sp³-hybridized carbons (Fsp3) is 0.385. The zero-order chi connectivity index (χ0) is 12.1. The van der Waals surface area contributed by atoms with Crippen LogP contribution in [-0.2, 0) is 6.42 Å². The van der Waals surface area contributed by atoms with Crippen LogP contribution in [0, 0.1) is 6.92 Å². The Morgan fingerprint density at radius 2 is 2.18 bits per heavy atom. The van der Waals surface area contributed by atoms with E-state index in [-0.39, 0.29) is 6.04 Å². The van der Waals surface area contributed by atoms with Crippen molar-refractivity contribution in [2.75, 3.05) is 6.54 Å². The van der Waals surface area contributed by atoms with Crippen LogP contribution in [0.15, 0.2) is 29.2 Å². The molecule has 0 saturated heterocycles. The predicted molar refractivity (Wildman–Crippen MR) is 71.2 cm³/mol. The van der Waals surface area contributed by atoms with Crippen molar-refractivity contribution in [2.45, 2.75) is 26.3 Å². The van der Waals surface area contributed by atoms with E-state index in [4.69, 9.17) is 0 Å². The average molecular weight is 247 g/mol. The zero-order valence-electron chi connectivity index (χ0n) is 10.2. The molecular weight excluding hydrogens is 230 g/mol. The first kappa shape index (κ1) is 12.2. The molecule has 3 nitrogen and oxygen atoms in total. The molecule has 0 aliphatic heterocycles. The molecule has 0 aromatic carbocycles. The highest BCUT2D eigenvalue weighted by molar-refractivity contribution is 7.07. The predicted octanol–water partition coefficient (Wildman–Crippen LogP) is 2.74. The summed E-state index contributed by atoms with van der Waals surface area (Å²) >= 11 is 1.75. The van der Waals surface area contributed by atoms with Crippen molar-refractivity contribution in [1.82, 2.24) is 15.3 Å². The standard InChI is InChI=1S/C13H17N3S/c1-10(13-11(2)15-6-7-16-13)14-5-3-12-4-8-17-9-12/h4,6-10,14H,3,5H2,1-2H3. The number of thiophene rings is 1. The smallest absolute Gasteiger partial charge is 0.0782 e. The number of hydrogen-bond donors (Lipinski definition) is 1. The van der Waals surface area contributed by atoms with Gasteiger partial charge in [0, 0.05) is 18.4 Å². The molecule has 90 valence electrons. The molecule has 0 aliphatic rings. The van der Waals surface area contributed by atoms with Crippen LogP contribution in [0.5, 0.6) is 0 Å². The Bertz CT molecular complexity index is 453. The molecule has 0 saturated carbocycles. The lowest BCUT2D eigenvalue weighted by Gasteiger charge is -2.14. The third-order valence-electron chi connectivity index (χ3n) is 2.77. The first-order chi connectivity index (χ1) is 8.27. The summed E-state index contributed by atoms with van der Waals surface area (Å²) in [5, 5.41) is 7.79. The van der Waals surface area contributed by atoms with Crippen molar-refractivity contribution in [2.24, 2.45) is 0 Å². The number of aryl methyl sites for hydroxylation is 1. The maximum Gasteiger partial charge on any atom is 0.0782 e. The minimum absolute atomic E-state index is 0.252. The van der Waals surface area contributed by atoms with Crippen molar-refractivity contribution >= 4 is 11.3 Å². The Morgan fingerprint density at radius 3 is 2.88 bits per heavy atom. The summed E-state index contributed by atoms with van der Waals surface area (Å²) in [7, 11) is 0. The number of aromatic nitrogens is 2. The van der Waals surface area contributed by atoms with E-state index in [9.17, 15) is 0 Å². The molecule has 4 heteroatoms. The quantitative estimate of drug-likeness (QED) is 0.883. The molecule has 1 unspecified atom stereocenters. The van der Waals surface area contributed by atoms with E-state index in [1.807, 2.05) is 6.92 Å². The van der Waals surface area contributed by atoms with E-state index in [0.29, 0.717) is 0 Å². The van der Waals surface area contributed by atoms with Crippen molar-refractivity contribution in [3.8, 4) is 0 Å². The molecule has 0 bridgehead atoms. The highest BCUT2D eigenvalue weighted by Gasteiger charge is 2.09. The third kappa shape index (κ3) is 3.35. The van der Waals surface area contributed by atoms with Crippen molar-refractivity contribution < 1.29 is 0 Å². The van der Waals surface area contributed by atoms with Crippen molar-refractivity contribution in [3.63, 3.8) is 0 Å². The van der Waals surface area contributed by atoms with E-state index in [1.54, 1.807) is 23.7 Å². The van der Waals surface area contributed by atoms with Gasteiger partial charge in [0.1, 0.15) is 0 Å². The van der Waals surface area contributed by atoms with Crippen LogP contribution in [-0.4, -0.2) is 16.5 Å². The highest BCUT2D eigenvalue weighted by atomic mass is 32.1. The lowest BCUT2D eigenvalue weighted by atomic mass is 10.1. The van der Waals surface area contributed by atoms with Gasteiger partial charge in [-0.25, -0.2) is 0 Å². The van der Waals surface area contributed by atoms with E-state index in [0.717, 1.165) is 24.4 Å². The van der Waals surface area contributed by atoms with Crippen LogP contribution in [0.2, 0.25) is 0 Å². The van der Waals surface area contributed by atoms with E-state index in [2.05, 4.69) is 39.0 Å². The molecule has 2 rings (SSSR count). The Labute approximate surface area is 106 Å². The SMILES string of the molecule is Cc1nccnc1C(C)NCCc1ccsc1. The van der Waals surface area contributed by atoms with Gasteiger partial charge in [-0.1, -0.05) is 0 Å². The van der Waals surface area contributed by atoms with Crippen LogP contribution in [0.25, 0.3) is 0 Å². The monoisotopic (exact) mass is 247 g/mol. The summed E-state index contributed by atoms with van der Waals surface area (Å²) in [6.45, 7) is 5.10.